The maximum Gasteiger partial charge on any atom is 0.193 e. The summed E-state index contributed by atoms with van der Waals surface area (Å²) in [5, 5.41) is 21.1. The van der Waals surface area contributed by atoms with Crippen molar-refractivity contribution >= 4 is 14.1 Å². The normalized spacial score (nSPS) is 36.9. The lowest BCUT2D eigenvalue weighted by Crippen LogP contribution is -2.52. The molecule has 0 radical (unpaired) electrons. The predicted octanol–water partition coefficient (Wildman–Crippen LogP) is 3.94. The summed E-state index contributed by atoms with van der Waals surface area (Å²) in [6, 6.07) is 0. The van der Waals surface area contributed by atoms with Crippen molar-refractivity contribution < 1.29 is 24.2 Å². The largest absolute Gasteiger partial charge is 0.488 e. The molecule has 0 amide bonds. The number of ether oxygens (including phenoxy) is 1. The van der Waals surface area contributed by atoms with E-state index >= 15 is 0 Å². The van der Waals surface area contributed by atoms with Crippen LogP contribution in [0.1, 0.15) is 67.2 Å². The van der Waals surface area contributed by atoms with E-state index < -0.39 is 25.6 Å². The van der Waals surface area contributed by atoms with Crippen LogP contribution < -0.4 is 0 Å². The Bertz CT molecular complexity index is 684. The van der Waals surface area contributed by atoms with Gasteiger partial charge < -0.3 is 19.4 Å². The van der Waals surface area contributed by atoms with E-state index in [0.717, 1.165) is 12.8 Å². The Morgan fingerprint density at radius 3 is 2.36 bits per heavy atom. The average Bonchev–Trinajstić information content (AvgIpc) is 2.86. The lowest BCUT2D eigenvalue weighted by atomic mass is 9.71. The van der Waals surface area contributed by atoms with Gasteiger partial charge in [0.2, 0.25) is 0 Å². The molecular formula is C22H38O5Si. The van der Waals surface area contributed by atoms with Crippen LogP contribution in [0.3, 0.4) is 0 Å². The standard InChI is InChI=1S/C22H38O5Si/c1-20(2,3)28(7,8)27-17-12-16(23)18(24)13-11-15-14(21(4,5)25)9-10-22(15,6)26-19(13)17/h14-17,23,25H,9-12H2,1-8H3/t14-,15+,16+,17+,22-/m0/s1. The molecule has 160 valence electrons. The molecule has 6 heteroatoms. The van der Waals surface area contributed by atoms with Crippen LogP contribution in [0.15, 0.2) is 11.3 Å². The number of hydrogen-bond acceptors (Lipinski definition) is 5. The summed E-state index contributed by atoms with van der Waals surface area (Å²) in [4.78, 5) is 12.8. The smallest absolute Gasteiger partial charge is 0.193 e. The highest BCUT2D eigenvalue weighted by Gasteiger charge is 2.57. The van der Waals surface area contributed by atoms with Gasteiger partial charge in [0.15, 0.2) is 14.1 Å². The lowest BCUT2D eigenvalue weighted by molar-refractivity contribution is -0.134. The van der Waals surface area contributed by atoms with Gasteiger partial charge in [-0.1, -0.05) is 20.8 Å². The Labute approximate surface area is 170 Å². The highest BCUT2D eigenvalue weighted by atomic mass is 28.4. The lowest BCUT2D eigenvalue weighted by Gasteiger charge is -2.48. The van der Waals surface area contributed by atoms with Crippen LogP contribution in [-0.4, -0.2) is 47.7 Å². The monoisotopic (exact) mass is 410 g/mol. The van der Waals surface area contributed by atoms with Gasteiger partial charge in [-0.2, -0.15) is 0 Å². The number of aliphatic hydroxyl groups is 2. The van der Waals surface area contributed by atoms with Gasteiger partial charge in [0.05, 0.1) is 5.60 Å². The molecule has 0 spiro atoms. The third-order valence-electron chi connectivity index (χ3n) is 7.77. The van der Waals surface area contributed by atoms with E-state index in [9.17, 15) is 15.0 Å². The van der Waals surface area contributed by atoms with Crippen LogP contribution in [0.4, 0.5) is 0 Å². The molecule has 0 unspecified atom stereocenters. The van der Waals surface area contributed by atoms with Gasteiger partial charge in [-0.05, 0) is 64.1 Å². The van der Waals surface area contributed by atoms with E-state index in [2.05, 4.69) is 40.8 Å². The molecule has 0 saturated heterocycles. The summed E-state index contributed by atoms with van der Waals surface area (Å²) < 4.78 is 13.2. The number of carbonyl (C=O) groups excluding carboxylic acids is 1. The van der Waals surface area contributed by atoms with Crippen molar-refractivity contribution in [1.82, 2.24) is 0 Å². The zero-order chi connectivity index (χ0) is 21.3. The molecule has 0 aromatic rings. The summed E-state index contributed by atoms with van der Waals surface area (Å²) in [5.41, 5.74) is -0.640. The van der Waals surface area contributed by atoms with Gasteiger partial charge in [0, 0.05) is 17.9 Å². The number of rotatable bonds is 3. The molecule has 1 saturated carbocycles. The summed E-state index contributed by atoms with van der Waals surface area (Å²) in [6.45, 7) is 16.7. The molecule has 5 nitrogen and oxygen atoms in total. The molecule has 1 fully saturated rings. The van der Waals surface area contributed by atoms with Crippen molar-refractivity contribution in [1.29, 1.82) is 0 Å². The van der Waals surface area contributed by atoms with Crippen molar-refractivity contribution in [2.45, 2.75) is 109 Å². The quantitative estimate of drug-likeness (QED) is 0.689. The highest BCUT2D eigenvalue weighted by Crippen LogP contribution is 2.55. The molecule has 28 heavy (non-hydrogen) atoms. The predicted molar refractivity (Wildman–Crippen MR) is 111 cm³/mol. The van der Waals surface area contributed by atoms with Crippen molar-refractivity contribution in [2.75, 3.05) is 0 Å². The van der Waals surface area contributed by atoms with E-state index in [1.807, 2.05) is 13.8 Å². The second-order valence-corrected chi connectivity index (χ2v) is 16.1. The van der Waals surface area contributed by atoms with Crippen LogP contribution in [0.2, 0.25) is 18.1 Å². The zero-order valence-electron chi connectivity index (χ0n) is 18.8. The maximum absolute atomic E-state index is 12.8. The SMILES string of the molecule is CC(C)(O)[C@H]1CC[C@]2(C)OC3=C(C[C@H]12)C(=O)[C@H](O)C[C@H]3O[Si](C)(C)C(C)(C)C. The molecule has 3 rings (SSSR count). The van der Waals surface area contributed by atoms with Gasteiger partial charge in [-0.25, -0.2) is 0 Å². The summed E-state index contributed by atoms with van der Waals surface area (Å²) >= 11 is 0. The Morgan fingerprint density at radius 1 is 1.21 bits per heavy atom. The minimum Gasteiger partial charge on any atom is -0.488 e. The minimum absolute atomic E-state index is 0.0284. The first-order chi connectivity index (χ1) is 12.6. The molecule has 5 atom stereocenters. The molecule has 0 aromatic heterocycles. The van der Waals surface area contributed by atoms with Crippen molar-refractivity contribution in [3.05, 3.63) is 11.3 Å². The van der Waals surface area contributed by atoms with Crippen LogP contribution in [-0.2, 0) is 14.0 Å². The van der Waals surface area contributed by atoms with E-state index in [0.29, 0.717) is 17.8 Å². The van der Waals surface area contributed by atoms with Crippen molar-refractivity contribution in [3.63, 3.8) is 0 Å². The van der Waals surface area contributed by atoms with E-state index in [1.54, 1.807) is 0 Å². The van der Waals surface area contributed by atoms with Crippen LogP contribution in [0, 0.1) is 11.8 Å². The first kappa shape index (κ1) is 22.0. The molecule has 0 aromatic carbocycles. The average molecular weight is 411 g/mol. The molecule has 2 aliphatic carbocycles. The zero-order valence-corrected chi connectivity index (χ0v) is 19.8. The minimum atomic E-state index is -2.10. The third-order valence-corrected chi connectivity index (χ3v) is 12.3. The summed E-state index contributed by atoms with van der Waals surface area (Å²) in [7, 11) is -2.10. The van der Waals surface area contributed by atoms with Gasteiger partial charge in [-0.3, -0.25) is 4.79 Å². The van der Waals surface area contributed by atoms with Crippen LogP contribution >= 0.6 is 0 Å². The number of Topliss-reactive ketones (excluding diaryl/α,β-unsaturated/α-hetero) is 1. The molecular weight excluding hydrogens is 372 g/mol. The Hall–Kier alpha value is -0.693. The Kier molecular flexibility index (Phi) is 5.23. The summed E-state index contributed by atoms with van der Waals surface area (Å²) in [5.74, 6) is 0.552. The second kappa shape index (κ2) is 6.66. The molecule has 2 N–H and O–H groups in total. The van der Waals surface area contributed by atoms with Gasteiger partial charge >= 0.3 is 0 Å². The molecule has 3 aliphatic rings. The van der Waals surface area contributed by atoms with E-state index in [1.165, 1.54) is 0 Å². The van der Waals surface area contributed by atoms with Gasteiger partial charge in [-0.15, -0.1) is 0 Å². The molecule has 0 bridgehead atoms. The molecule has 1 heterocycles. The Morgan fingerprint density at radius 2 is 1.82 bits per heavy atom. The number of fused-ring (bicyclic) bond motifs is 1. The van der Waals surface area contributed by atoms with Gasteiger partial charge in [0.25, 0.3) is 0 Å². The number of aliphatic hydroxyl groups excluding tert-OH is 1. The van der Waals surface area contributed by atoms with Crippen molar-refractivity contribution in [3.8, 4) is 0 Å². The van der Waals surface area contributed by atoms with E-state index in [-0.39, 0.29) is 35.2 Å². The topological polar surface area (TPSA) is 76.0 Å². The highest BCUT2D eigenvalue weighted by molar-refractivity contribution is 6.74. The fraction of sp³-hybridized carbons (Fsp3) is 0.864. The fourth-order valence-corrected chi connectivity index (χ4v) is 6.22. The van der Waals surface area contributed by atoms with Crippen LogP contribution in [0.5, 0.6) is 0 Å². The number of carbonyl (C=O) groups is 1. The van der Waals surface area contributed by atoms with Gasteiger partial charge in [0.1, 0.15) is 23.6 Å². The van der Waals surface area contributed by atoms with Crippen LogP contribution in [0.25, 0.3) is 0 Å². The second-order valence-electron chi connectivity index (χ2n) is 11.3. The fourth-order valence-electron chi connectivity index (χ4n) is 4.95. The summed E-state index contributed by atoms with van der Waals surface area (Å²) in [6.07, 6.45) is 1.13. The van der Waals surface area contributed by atoms with Crippen molar-refractivity contribution in [2.24, 2.45) is 11.8 Å². The molecule has 1 aliphatic heterocycles. The first-order valence-corrected chi connectivity index (χ1v) is 13.5. The van der Waals surface area contributed by atoms with E-state index in [4.69, 9.17) is 9.16 Å². The third kappa shape index (κ3) is 3.62. The number of hydrogen-bond donors (Lipinski definition) is 2. The first-order valence-electron chi connectivity index (χ1n) is 10.6. The maximum atomic E-state index is 12.8. The number of ketones is 1. The Balaban J connectivity index is 1.97.